The number of benzene rings is 1. The Bertz CT molecular complexity index is 1040. The van der Waals surface area contributed by atoms with E-state index >= 15 is 0 Å². The highest BCUT2D eigenvalue weighted by Gasteiger charge is 2.24. The maximum absolute atomic E-state index is 12.4. The predicted octanol–water partition coefficient (Wildman–Crippen LogP) is 4.30. The maximum atomic E-state index is 12.4. The summed E-state index contributed by atoms with van der Waals surface area (Å²) < 4.78 is 10.1. The number of esters is 1. The predicted molar refractivity (Wildman–Crippen MR) is 118 cm³/mol. The zero-order valence-corrected chi connectivity index (χ0v) is 17.8. The number of nitrogens with one attached hydrogen (secondary N) is 2. The summed E-state index contributed by atoms with van der Waals surface area (Å²) in [6.07, 6.45) is 6.25. The number of rotatable bonds is 7. The molecule has 0 unspecified atom stereocenters. The van der Waals surface area contributed by atoms with Gasteiger partial charge in [-0.15, -0.1) is 5.10 Å². The van der Waals surface area contributed by atoms with E-state index in [0.717, 1.165) is 25.7 Å². The summed E-state index contributed by atoms with van der Waals surface area (Å²) in [6.45, 7) is 0. The van der Waals surface area contributed by atoms with Crippen LogP contribution in [0.2, 0.25) is 0 Å². The Labute approximate surface area is 185 Å². The normalized spacial score (nSPS) is 18.0. The van der Waals surface area contributed by atoms with Gasteiger partial charge in [-0.1, -0.05) is 23.3 Å². The van der Waals surface area contributed by atoms with E-state index in [-0.39, 0.29) is 17.9 Å². The lowest BCUT2D eigenvalue weighted by Gasteiger charge is -2.28. The topological polar surface area (TPSA) is 119 Å². The van der Waals surface area contributed by atoms with Crippen molar-refractivity contribution in [1.29, 1.82) is 0 Å². The third-order valence-corrected chi connectivity index (χ3v) is 5.69. The van der Waals surface area contributed by atoms with Crippen molar-refractivity contribution in [2.24, 2.45) is 5.92 Å². The zero-order chi connectivity index (χ0) is 22.3. The summed E-state index contributed by atoms with van der Waals surface area (Å²) in [6, 6.07) is 13.2. The largest absolute Gasteiger partial charge is 0.469 e. The van der Waals surface area contributed by atoms with Crippen molar-refractivity contribution in [1.82, 2.24) is 15.2 Å². The molecule has 3 aromatic rings. The number of methoxy groups -OCH3 is 1. The van der Waals surface area contributed by atoms with Crippen LogP contribution in [0, 0.1) is 5.92 Å². The summed E-state index contributed by atoms with van der Waals surface area (Å²) in [5.41, 5.74) is 1.88. The number of carbonyl (C=O) groups is 2. The van der Waals surface area contributed by atoms with Crippen molar-refractivity contribution >= 4 is 29.4 Å². The lowest BCUT2D eigenvalue weighted by Crippen LogP contribution is -2.17. The highest BCUT2D eigenvalue weighted by atomic mass is 16.5. The molecule has 0 bridgehead atoms. The first kappa shape index (κ1) is 21.5. The highest BCUT2D eigenvalue weighted by molar-refractivity contribution is 6.00. The van der Waals surface area contributed by atoms with Gasteiger partial charge in [-0.2, -0.15) is 0 Å². The van der Waals surface area contributed by atoms with Gasteiger partial charge in [-0.25, -0.2) is 4.98 Å². The van der Waals surface area contributed by atoms with Crippen LogP contribution in [0.3, 0.4) is 0 Å². The second-order valence-corrected chi connectivity index (χ2v) is 7.83. The van der Waals surface area contributed by atoms with E-state index in [9.17, 15) is 9.59 Å². The summed E-state index contributed by atoms with van der Waals surface area (Å²) in [5.74, 6) is 0.653. The van der Waals surface area contributed by atoms with Gasteiger partial charge in [0.05, 0.1) is 7.11 Å². The Morgan fingerprint density at radius 2 is 1.84 bits per heavy atom. The summed E-state index contributed by atoms with van der Waals surface area (Å²) in [5, 5.41) is 13.2. The molecule has 1 aliphatic carbocycles. The molecule has 1 saturated carbocycles. The summed E-state index contributed by atoms with van der Waals surface area (Å²) in [4.78, 5) is 28.0. The first-order valence-electron chi connectivity index (χ1n) is 10.6. The van der Waals surface area contributed by atoms with Gasteiger partial charge >= 0.3 is 23.8 Å². The van der Waals surface area contributed by atoms with Gasteiger partial charge in [0.2, 0.25) is 0 Å². The average molecular weight is 435 g/mol. The van der Waals surface area contributed by atoms with Crippen molar-refractivity contribution in [3.63, 3.8) is 0 Å². The summed E-state index contributed by atoms with van der Waals surface area (Å²) >= 11 is 0. The number of ether oxygens (including phenoxy) is 1. The second kappa shape index (κ2) is 10.0. The molecule has 2 N–H and O–H groups in total. The number of hydrogen-bond acceptors (Lipinski definition) is 8. The van der Waals surface area contributed by atoms with Crippen molar-refractivity contribution in [2.45, 2.75) is 38.0 Å². The van der Waals surface area contributed by atoms with Crippen molar-refractivity contribution in [3.8, 4) is 0 Å². The van der Waals surface area contributed by atoms with Crippen molar-refractivity contribution in [3.05, 3.63) is 60.1 Å². The number of pyridine rings is 1. The molecule has 0 radical (unpaired) electrons. The van der Waals surface area contributed by atoms with Crippen molar-refractivity contribution in [2.75, 3.05) is 17.7 Å². The molecule has 1 fully saturated rings. The third kappa shape index (κ3) is 5.48. The molecule has 9 nitrogen and oxygen atoms in total. The molecule has 0 atom stereocenters. The monoisotopic (exact) mass is 435 g/mol. The standard InChI is InChI=1S/C23H25N5O4/c1-31-20(29)14-15-5-7-16(8-6-15)17-9-11-18(12-10-17)25-21(30)22-27-28-23(32-22)26-19-4-2-3-13-24-19/h2-4,9-13,15-16H,5-8,14H2,1H3,(H,25,30)(H,24,26,28). The highest BCUT2D eigenvalue weighted by Crippen LogP contribution is 2.37. The number of nitrogens with zero attached hydrogens (tertiary/aromatic N) is 3. The average Bonchev–Trinajstić information content (AvgIpc) is 3.29. The van der Waals surface area contributed by atoms with Gasteiger partial charge in [-0.3, -0.25) is 14.9 Å². The fourth-order valence-electron chi connectivity index (χ4n) is 3.95. The Morgan fingerprint density at radius 3 is 2.53 bits per heavy atom. The number of hydrogen-bond donors (Lipinski definition) is 2. The van der Waals surface area contributed by atoms with E-state index in [4.69, 9.17) is 9.15 Å². The Balaban J connectivity index is 1.29. The lowest BCUT2D eigenvalue weighted by molar-refractivity contribution is -0.142. The molecular weight excluding hydrogens is 410 g/mol. The molecule has 166 valence electrons. The van der Waals surface area contributed by atoms with Gasteiger partial charge in [-0.05, 0) is 67.3 Å². The van der Waals surface area contributed by atoms with Crippen LogP contribution in [0.1, 0.15) is 54.3 Å². The number of carbonyl (C=O) groups excluding carboxylic acids is 2. The van der Waals surface area contributed by atoms with E-state index in [1.165, 1.54) is 12.7 Å². The molecule has 4 rings (SSSR count). The van der Waals surface area contributed by atoms with E-state index in [2.05, 4.69) is 25.8 Å². The second-order valence-electron chi connectivity index (χ2n) is 7.83. The molecule has 1 amide bonds. The van der Waals surface area contributed by atoms with Crippen molar-refractivity contribution < 1.29 is 18.7 Å². The fourth-order valence-corrected chi connectivity index (χ4v) is 3.95. The fraction of sp³-hybridized carbons (Fsp3) is 0.348. The number of anilines is 3. The third-order valence-electron chi connectivity index (χ3n) is 5.69. The Kier molecular flexibility index (Phi) is 6.74. The van der Waals surface area contributed by atoms with Crippen LogP contribution in [0.25, 0.3) is 0 Å². The van der Waals surface area contributed by atoms with Gasteiger partial charge in [0.25, 0.3) is 0 Å². The Hall–Kier alpha value is -3.75. The molecule has 2 heterocycles. The van der Waals surface area contributed by atoms with E-state index in [1.807, 2.05) is 30.3 Å². The first-order chi connectivity index (χ1) is 15.6. The molecule has 2 aromatic heterocycles. The smallest absolute Gasteiger partial charge is 0.321 e. The zero-order valence-electron chi connectivity index (χ0n) is 17.8. The maximum Gasteiger partial charge on any atom is 0.321 e. The molecule has 1 aliphatic rings. The van der Waals surface area contributed by atoms with Gasteiger partial charge < -0.3 is 14.5 Å². The molecule has 9 heteroatoms. The van der Waals surface area contributed by atoms with Gasteiger partial charge in [0.15, 0.2) is 0 Å². The number of amides is 1. The van der Waals surface area contributed by atoms with Crippen LogP contribution >= 0.6 is 0 Å². The quantitative estimate of drug-likeness (QED) is 0.527. The van der Waals surface area contributed by atoms with Crippen LogP contribution in [0.5, 0.6) is 0 Å². The minimum Gasteiger partial charge on any atom is -0.469 e. The Morgan fingerprint density at radius 1 is 1.06 bits per heavy atom. The summed E-state index contributed by atoms with van der Waals surface area (Å²) in [7, 11) is 1.44. The van der Waals surface area contributed by atoms with Gasteiger partial charge in [0, 0.05) is 18.3 Å². The van der Waals surface area contributed by atoms with Gasteiger partial charge in [0.1, 0.15) is 5.82 Å². The lowest BCUT2D eigenvalue weighted by atomic mass is 9.77. The SMILES string of the molecule is COC(=O)CC1CCC(c2ccc(NC(=O)c3nnc(Nc4ccccn4)o3)cc2)CC1. The van der Waals surface area contributed by atoms with E-state index < -0.39 is 5.91 Å². The minimum absolute atomic E-state index is 0.0898. The molecule has 0 aliphatic heterocycles. The van der Waals surface area contributed by atoms with Crippen LogP contribution in [-0.4, -0.2) is 34.2 Å². The molecule has 0 saturated heterocycles. The first-order valence-corrected chi connectivity index (χ1v) is 10.6. The van der Waals surface area contributed by atoms with Crippen LogP contribution < -0.4 is 10.6 Å². The molecule has 0 spiro atoms. The van der Waals surface area contributed by atoms with E-state index in [1.54, 1.807) is 18.3 Å². The minimum atomic E-state index is -0.484. The van der Waals surface area contributed by atoms with Crippen LogP contribution in [0.4, 0.5) is 17.5 Å². The molecular formula is C23H25N5O4. The van der Waals surface area contributed by atoms with E-state index in [0.29, 0.717) is 29.8 Å². The van der Waals surface area contributed by atoms with Crippen LogP contribution in [-0.2, 0) is 9.53 Å². The number of aromatic nitrogens is 3. The molecule has 32 heavy (non-hydrogen) atoms. The molecule has 1 aromatic carbocycles. The van der Waals surface area contributed by atoms with Crippen LogP contribution in [0.15, 0.2) is 53.1 Å².